The van der Waals surface area contributed by atoms with Crippen LogP contribution in [0, 0.1) is 6.92 Å². The summed E-state index contributed by atoms with van der Waals surface area (Å²) in [7, 11) is 3.37. The third-order valence-electron chi connectivity index (χ3n) is 4.91. The van der Waals surface area contributed by atoms with Crippen LogP contribution in [0.25, 0.3) is 17.1 Å². The summed E-state index contributed by atoms with van der Waals surface area (Å²) in [4.78, 5) is 37.2. The van der Waals surface area contributed by atoms with Crippen LogP contribution in [0.15, 0.2) is 46.8 Å². The Morgan fingerprint density at radius 3 is 2.39 bits per heavy atom. The molecular formula is C20H17ClN4O3. The van der Waals surface area contributed by atoms with E-state index >= 15 is 0 Å². The molecule has 0 bridgehead atoms. The van der Waals surface area contributed by atoms with Crippen molar-refractivity contribution in [2.75, 3.05) is 5.01 Å². The fraction of sp³-hybridized carbons (Fsp3) is 0.150. The number of amides is 2. The van der Waals surface area contributed by atoms with Gasteiger partial charge in [0.25, 0.3) is 11.8 Å². The summed E-state index contributed by atoms with van der Waals surface area (Å²) >= 11 is 6.13. The standard InChI is InChI=1S/C20H17ClN4O3/c1-11-4-6-13(10-15(11)21)25-19(27)14(18(26)22-25)8-12-5-7-16-17(9-12)24(3)20(28)23(16)2/h4-10H,1-3H3,(H,22,26)/b14-8+. The third-order valence-corrected chi connectivity index (χ3v) is 5.32. The van der Waals surface area contributed by atoms with Crippen molar-refractivity contribution in [2.24, 2.45) is 14.1 Å². The molecule has 1 aromatic heterocycles. The van der Waals surface area contributed by atoms with Crippen molar-refractivity contribution >= 4 is 46.2 Å². The molecule has 2 aromatic carbocycles. The fourth-order valence-corrected chi connectivity index (χ4v) is 3.42. The molecule has 1 N–H and O–H groups in total. The molecule has 0 aliphatic carbocycles. The number of hydrogen-bond donors (Lipinski definition) is 1. The number of imidazole rings is 1. The van der Waals surface area contributed by atoms with Gasteiger partial charge in [-0.1, -0.05) is 23.7 Å². The molecule has 1 aliphatic heterocycles. The lowest BCUT2D eigenvalue weighted by Gasteiger charge is -2.15. The van der Waals surface area contributed by atoms with Crippen molar-refractivity contribution in [3.63, 3.8) is 0 Å². The van der Waals surface area contributed by atoms with Gasteiger partial charge in [-0.15, -0.1) is 0 Å². The molecule has 1 aliphatic rings. The Kier molecular flexibility index (Phi) is 4.12. The molecular weight excluding hydrogens is 380 g/mol. The Morgan fingerprint density at radius 2 is 1.68 bits per heavy atom. The molecule has 8 heteroatoms. The van der Waals surface area contributed by atoms with Crippen LogP contribution in [0.5, 0.6) is 0 Å². The summed E-state index contributed by atoms with van der Waals surface area (Å²) < 4.78 is 3.07. The Bertz CT molecular complexity index is 1250. The number of aromatic nitrogens is 2. The maximum atomic E-state index is 12.8. The van der Waals surface area contributed by atoms with Gasteiger partial charge < -0.3 is 0 Å². The van der Waals surface area contributed by atoms with E-state index in [1.54, 1.807) is 55.1 Å². The van der Waals surface area contributed by atoms with Crippen molar-refractivity contribution in [2.45, 2.75) is 6.92 Å². The van der Waals surface area contributed by atoms with E-state index < -0.39 is 11.8 Å². The molecule has 0 radical (unpaired) electrons. The number of benzene rings is 2. The second-order valence-electron chi connectivity index (χ2n) is 6.72. The number of hydrazine groups is 1. The van der Waals surface area contributed by atoms with E-state index in [1.807, 2.05) is 6.92 Å². The van der Waals surface area contributed by atoms with Crippen molar-refractivity contribution in [3.8, 4) is 0 Å². The molecule has 142 valence electrons. The van der Waals surface area contributed by atoms with Crippen molar-refractivity contribution < 1.29 is 9.59 Å². The number of carbonyl (C=O) groups excluding carboxylic acids is 2. The number of nitrogens with zero attached hydrogens (tertiary/aromatic N) is 3. The van der Waals surface area contributed by atoms with Gasteiger partial charge in [0.15, 0.2) is 0 Å². The summed E-state index contributed by atoms with van der Waals surface area (Å²) in [6.07, 6.45) is 1.52. The smallest absolute Gasteiger partial charge is 0.295 e. The fourth-order valence-electron chi connectivity index (χ4n) is 3.24. The topological polar surface area (TPSA) is 76.3 Å². The summed E-state index contributed by atoms with van der Waals surface area (Å²) in [5.41, 5.74) is 5.92. The molecule has 1 saturated heterocycles. The van der Waals surface area contributed by atoms with Crippen LogP contribution in [0.3, 0.4) is 0 Å². The van der Waals surface area contributed by atoms with Crippen LogP contribution in [0.2, 0.25) is 5.02 Å². The van der Waals surface area contributed by atoms with Crippen LogP contribution in [0.4, 0.5) is 5.69 Å². The van der Waals surface area contributed by atoms with Gasteiger partial charge >= 0.3 is 5.69 Å². The first-order chi connectivity index (χ1) is 13.3. The van der Waals surface area contributed by atoms with Gasteiger partial charge in [0, 0.05) is 19.1 Å². The molecule has 7 nitrogen and oxygen atoms in total. The van der Waals surface area contributed by atoms with Crippen LogP contribution >= 0.6 is 11.6 Å². The zero-order valence-corrected chi connectivity index (χ0v) is 16.2. The number of nitrogens with one attached hydrogen (secondary N) is 1. The van der Waals surface area contributed by atoms with Gasteiger partial charge in [-0.3, -0.25) is 24.1 Å². The van der Waals surface area contributed by atoms with E-state index in [1.165, 1.54) is 15.7 Å². The number of carbonyl (C=O) groups is 2. The molecule has 2 amide bonds. The highest BCUT2D eigenvalue weighted by Crippen LogP contribution is 2.26. The summed E-state index contributed by atoms with van der Waals surface area (Å²) in [5.74, 6) is -0.962. The molecule has 1 fully saturated rings. The van der Waals surface area contributed by atoms with Gasteiger partial charge in [-0.2, -0.15) is 0 Å². The normalized spacial score (nSPS) is 15.7. The minimum absolute atomic E-state index is 0.0111. The largest absolute Gasteiger partial charge is 0.328 e. The molecule has 0 saturated carbocycles. The zero-order valence-electron chi connectivity index (χ0n) is 15.5. The maximum absolute atomic E-state index is 12.8. The average Bonchev–Trinajstić information content (AvgIpc) is 3.07. The number of fused-ring (bicyclic) bond motifs is 1. The zero-order chi connectivity index (χ0) is 20.2. The molecule has 28 heavy (non-hydrogen) atoms. The first-order valence-electron chi connectivity index (χ1n) is 8.56. The monoisotopic (exact) mass is 396 g/mol. The number of rotatable bonds is 2. The van der Waals surface area contributed by atoms with Crippen LogP contribution < -0.4 is 16.1 Å². The highest BCUT2D eigenvalue weighted by atomic mass is 35.5. The lowest BCUT2D eigenvalue weighted by atomic mass is 10.1. The molecule has 0 atom stereocenters. The van der Waals surface area contributed by atoms with Gasteiger partial charge in [-0.05, 0) is 48.4 Å². The van der Waals surface area contributed by atoms with Crippen molar-refractivity contribution in [1.82, 2.24) is 14.6 Å². The van der Waals surface area contributed by atoms with Gasteiger partial charge in [0.2, 0.25) is 0 Å². The second kappa shape index (κ2) is 6.38. The van der Waals surface area contributed by atoms with E-state index in [0.717, 1.165) is 16.6 Å². The summed E-state index contributed by atoms with van der Waals surface area (Å²) in [5, 5.41) is 1.68. The Morgan fingerprint density at radius 1 is 0.964 bits per heavy atom. The van der Waals surface area contributed by atoms with Crippen LogP contribution in [-0.4, -0.2) is 20.9 Å². The van der Waals surface area contributed by atoms with Gasteiger partial charge in [0.1, 0.15) is 5.57 Å². The molecule has 2 heterocycles. The molecule has 3 aromatic rings. The van der Waals surface area contributed by atoms with Crippen LogP contribution in [-0.2, 0) is 23.7 Å². The number of aryl methyl sites for hydroxylation is 3. The predicted octanol–water partition coefficient (Wildman–Crippen LogP) is 2.30. The van der Waals surface area contributed by atoms with E-state index in [2.05, 4.69) is 5.43 Å². The SMILES string of the molecule is Cc1ccc(N2NC(=O)/C(=C\c3ccc4c(c3)n(C)c(=O)n4C)C2=O)cc1Cl. The predicted molar refractivity (Wildman–Crippen MR) is 108 cm³/mol. The summed E-state index contributed by atoms with van der Waals surface area (Å²) in [6, 6.07) is 10.5. The first-order valence-corrected chi connectivity index (χ1v) is 8.94. The lowest BCUT2D eigenvalue weighted by molar-refractivity contribution is -0.117. The van der Waals surface area contributed by atoms with E-state index in [4.69, 9.17) is 11.6 Å². The minimum Gasteiger partial charge on any atom is -0.295 e. The van der Waals surface area contributed by atoms with Gasteiger partial charge in [-0.25, -0.2) is 9.80 Å². The highest BCUT2D eigenvalue weighted by molar-refractivity contribution is 6.33. The van der Waals surface area contributed by atoms with Gasteiger partial charge in [0.05, 0.1) is 16.7 Å². The Balaban J connectivity index is 1.73. The second-order valence-corrected chi connectivity index (χ2v) is 7.13. The first kappa shape index (κ1) is 18.1. The number of halogens is 1. The van der Waals surface area contributed by atoms with Crippen molar-refractivity contribution in [1.29, 1.82) is 0 Å². The van der Waals surface area contributed by atoms with Crippen molar-refractivity contribution in [3.05, 3.63) is 68.6 Å². The average molecular weight is 397 g/mol. The number of hydrogen-bond acceptors (Lipinski definition) is 3. The highest BCUT2D eigenvalue weighted by Gasteiger charge is 2.34. The third kappa shape index (κ3) is 2.71. The Hall–Kier alpha value is -3.32. The quantitative estimate of drug-likeness (QED) is 0.533. The Labute approximate surface area is 165 Å². The molecule has 4 rings (SSSR count). The van der Waals surface area contributed by atoms with E-state index in [9.17, 15) is 14.4 Å². The van der Waals surface area contributed by atoms with E-state index in [-0.39, 0.29) is 11.3 Å². The summed E-state index contributed by atoms with van der Waals surface area (Å²) in [6.45, 7) is 1.86. The maximum Gasteiger partial charge on any atom is 0.328 e. The van der Waals surface area contributed by atoms with E-state index in [0.29, 0.717) is 16.3 Å². The number of anilines is 1. The minimum atomic E-state index is -0.497. The molecule has 0 unspecified atom stereocenters. The molecule has 0 spiro atoms. The van der Waals surface area contributed by atoms with Crippen LogP contribution in [0.1, 0.15) is 11.1 Å². The lowest BCUT2D eigenvalue weighted by Crippen LogP contribution is -2.35.